The van der Waals surface area contributed by atoms with Crippen molar-refractivity contribution in [2.75, 3.05) is 18.0 Å². The van der Waals surface area contributed by atoms with Crippen molar-refractivity contribution in [3.8, 4) is 0 Å². The molecule has 86 valence electrons. The molecule has 1 aromatic rings. The van der Waals surface area contributed by atoms with Crippen molar-refractivity contribution >= 4 is 11.5 Å². The second-order valence-corrected chi connectivity index (χ2v) is 4.75. The van der Waals surface area contributed by atoms with Gasteiger partial charge in [0.05, 0.1) is 0 Å². The number of benzene rings is 1. The second-order valence-electron chi connectivity index (χ2n) is 4.75. The molecule has 3 heteroatoms. The minimum absolute atomic E-state index is 0.152. The summed E-state index contributed by atoms with van der Waals surface area (Å²) in [6, 6.07) is 6.16. The van der Waals surface area contributed by atoms with E-state index in [1.54, 1.807) is 0 Å². The molecule has 1 saturated heterocycles. The highest BCUT2D eigenvalue weighted by Crippen LogP contribution is 2.25. The van der Waals surface area contributed by atoms with E-state index in [-0.39, 0.29) is 5.84 Å². The van der Waals surface area contributed by atoms with Gasteiger partial charge in [-0.3, -0.25) is 5.41 Å². The van der Waals surface area contributed by atoms with Gasteiger partial charge in [0.15, 0.2) is 0 Å². The summed E-state index contributed by atoms with van der Waals surface area (Å²) in [4.78, 5) is 2.40. The van der Waals surface area contributed by atoms with Crippen LogP contribution in [0.25, 0.3) is 0 Å². The van der Waals surface area contributed by atoms with E-state index in [9.17, 15) is 0 Å². The Morgan fingerprint density at radius 1 is 1.50 bits per heavy atom. The summed E-state index contributed by atoms with van der Waals surface area (Å²) in [5.74, 6) is 0.937. The molecule has 0 aromatic heterocycles. The van der Waals surface area contributed by atoms with Gasteiger partial charge in [0.1, 0.15) is 5.84 Å². The summed E-state index contributed by atoms with van der Waals surface area (Å²) in [6.45, 7) is 6.58. The number of nitrogens with two attached hydrogens (primary N) is 1. The minimum Gasteiger partial charge on any atom is -0.384 e. The third-order valence-electron chi connectivity index (χ3n) is 3.29. The van der Waals surface area contributed by atoms with E-state index in [1.165, 1.54) is 12.1 Å². The molecular formula is C13H19N3. The van der Waals surface area contributed by atoms with Gasteiger partial charge in [-0.2, -0.15) is 0 Å². The number of nitrogen functional groups attached to an aromatic ring is 1. The largest absolute Gasteiger partial charge is 0.384 e. The second kappa shape index (κ2) is 4.16. The lowest BCUT2D eigenvalue weighted by Gasteiger charge is -2.19. The zero-order valence-corrected chi connectivity index (χ0v) is 9.96. The van der Waals surface area contributed by atoms with Crippen LogP contribution in [-0.2, 0) is 0 Å². The predicted octanol–water partition coefficient (Wildman–Crippen LogP) is 2.13. The van der Waals surface area contributed by atoms with Crippen molar-refractivity contribution in [2.24, 2.45) is 11.7 Å². The SMILES string of the molecule is Cc1cc(N2CCC(C)C2)ccc1C(=N)N. The summed E-state index contributed by atoms with van der Waals surface area (Å²) >= 11 is 0. The molecule has 0 aliphatic carbocycles. The summed E-state index contributed by atoms with van der Waals surface area (Å²) in [5.41, 5.74) is 8.70. The molecule has 2 rings (SSSR count). The molecule has 0 saturated carbocycles. The highest BCUT2D eigenvalue weighted by atomic mass is 15.1. The molecule has 3 nitrogen and oxygen atoms in total. The minimum atomic E-state index is 0.152. The molecular weight excluding hydrogens is 198 g/mol. The molecule has 1 aliphatic rings. The highest BCUT2D eigenvalue weighted by molar-refractivity contribution is 5.96. The molecule has 0 spiro atoms. The van der Waals surface area contributed by atoms with Gasteiger partial charge in [-0.25, -0.2) is 0 Å². The van der Waals surface area contributed by atoms with E-state index in [0.717, 1.165) is 30.1 Å². The number of aryl methyl sites for hydroxylation is 1. The Balaban J connectivity index is 2.24. The predicted molar refractivity (Wildman–Crippen MR) is 68.2 cm³/mol. The van der Waals surface area contributed by atoms with Crippen LogP contribution in [0.5, 0.6) is 0 Å². The van der Waals surface area contributed by atoms with Gasteiger partial charge in [-0.1, -0.05) is 6.92 Å². The molecule has 0 bridgehead atoms. The number of amidine groups is 1. The normalized spacial score (nSPS) is 20.1. The average Bonchev–Trinajstić information content (AvgIpc) is 2.64. The van der Waals surface area contributed by atoms with Crippen molar-refractivity contribution in [1.29, 1.82) is 5.41 Å². The maximum Gasteiger partial charge on any atom is 0.123 e. The first-order valence-corrected chi connectivity index (χ1v) is 5.78. The number of anilines is 1. The van der Waals surface area contributed by atoms with Gasteiger partial charge in [-0.15, -0.1) is 0 Å². The van der Waals surface area contributed by atoms with E-state index < -0.39 is 0 Å². The number of nitrogens with zero attached hydrogens (tertiary/aromatic N) is 1. The molecule has 1 unspecified atom stereocenters. The first-order valence-electron chi connectivity index (χ1n) is 5.78. The molecule has 1 fully saturated rings. The summed E-state index contributed by atoms with van der Waals surface area (Å²) in [7, 11) is 0. The van der Waals surface area contributed by atoms with Gasteiger partial charge in [-0.05, 0) is 43.0 Å². The number of hydrogen-bond donors (Lipinski definition) is 2. The number of hydrogen-bond acceptors (Lipinski definition) is 2. The van der Waals surface area contributed by atoms with Crippen LogP contribution in [0.15, 0.2) is 18.2 Å². The maximum atomic E-state index is 7.45. The highest BCUT2D eigenvalue weighted by Gasteiger charge is 2.19. The standard InChI is InChI=1S/C13H19N3/c1-9-5-6-16(8-9)11-3-4-12(13(14)15)10(2)7-11/h3-4,7,9H,5-6,8H2,1-2H3,(H3,14,15). The van der Waals surface area contributed by atoms with Crippen molar-refractivity contribution in [2.45, 2.75) is 20.3 Å². The topological polar surface area (TPSA) is 53.1 Å². The van der Waals surface area contributed by atoms with Gasteiger partial charge in [0.2, 0.25) is 0 Å². The van der Waals surface area contributed by atoms with Gasteiger partial charge in [0.25, 0.3) is 0 Å². The Hall–Kier alpha value is -1.51. The fourth-order valence-electron chi connectivity index (χ4n) is 2.32. The van der Waals surface area contributed by atoms with Crippen molar-refractivity contribution in [3.05, 3.63) is 29.3 Å². The van der Waals surface area contributed by atoms with Crippen LogP contribution in [-0.4, -0.2) is 18.9 Å². The Bertz CT molecular complexity index is 412. The summed E-state index contributed by atoms with van der Waals surface area (Å²) in [5, 5.41) is 7.45. The van der Waals surface area contributed by atoms with Crippen LogP contribution in [0.4, 0.5) is 5.69 Å². The lowest BCUT2D eigenvalue weighted by molar-refractivity contribution is 0.659. The number of nitrogens with one attached hydrogen (secondary N) is 1. The first-order chi connectivity index (χ1) is 7.58. The Morgan fingerprint density at radius 2 is 2.25 bits per heavy atom. The molecule has 1 aliphatic heterocycles. The molecule has 1 aromatic carbocycles. The van der Waals surface area contributed by atoms with Crippen LogP contribution in [0, 0.1) is 18.3 Å². The quantitative estimate of drug-likeness (QED) is 0.589. The van der Waals surface area contributed by atoms with E-state index in [0.29, 0.717) is 0 Å². The van der Waals surface area contributed by atoms with E-state index >= 15 is 0 Å². The molecule has 0 radical (unpaired) electrons. The molecule has 1 atom stereocenters. The van der Waals surface area contributed by atoms with Gasteiger partial charge < -0.3 is 10.6 Å². The Morgan fingerprint density at radius 3 is 2.75 bits per heavy atom. The maximum absolute atomic E-state index is 7.45. The number of rotatable bonds is 2. The summed E-state index contributed by atoms with van der Waals surface area (Å²) < 4.78 is 0. The summed E-state index contributed by atoms with van der Waals surface area (Å²) in [6.07, 6.45) is 1.27. The average molecular weight is 217 g/mol. The van der Waals surface area contributed by atoms with Crippen molar-refractivity contribution < 1.29 is 0 Å². The van der Waals surface area contributed by atoms with Gasteiger partial charge >= 0.3 is 0 Å². The van der Waals surface area contributed by atoms with E-state index in [4.69, 9.17) is 11.1 Å². The van der Waals surface area contributed by atoms with E-state index in [1.807, 2.05) is 13.0 Å². The smallest absolute Gasteiger partial charge is 0.123 e. The third-order valence-corrected chi connectivity index (χ3v) is 3.29. The lowest BCUT2D eigenvalue weighted by Crippen LogP contribution is -2.20. The Labute approximate surface area is 96.8 Å². The fraction of sp³-hybridized carbons (Fsp3) is 0.462. The zero-order chi connectivity index (χ0) is 11.7. The van der Waals surface area contributed by atoms with Gasteiger partial charge in [0, 0.05) is 24.3 Å². The third kappa shape index (κ3) is 2.03. The van der Waals surface area contributed by atoms with Crippen LogP contribution < -0.4 is 10.6 Å². The Kier molecular flexibility index (Phi) is 2.86. The van der Waals surface area contributed by atoms with Crippen molar-refractivity contribution in [1.82, 2.24) is 0 Å². The van der Waals surface area contributed by atoms with Crippen LogP contribution in [0.2, 0.25) is 0 Å². The fourth-order valence-corrected chi connectivity index (χ4v) is 2.32. The molecule has 1 heterocycles. The van der Waals surface area contributed by atoms with Crippen LogP contribution in [0.1, 0.15) is 24.5 Å². The van der Waals surface area contributed by atoms with Crippen molar-refractivity contribution in [3.63, 3.8) is 0 Å². The lowest BCUT2D eigenvalue weighted by atomic mass is 10.1. The first kappa shape index (κ1) is 11.0. The molecule has 0 amide bonds. The van der Waals surface area contributed by atoms with Crippen LogP contribution >= 0.6 is 0 Å². The zero-order valence-electron chi connectivity index (χ0n) is 9.96. The van der Waals surface area contributed by atoms with Crippen LogP contribution in [0.3, 0.4) is 0 Å². The van der Waals surface area contributed by atoms with E-state index in [2.05, 4.69) is 24.0 Å². The monoisotopic (exact) mass is 217 g/mol. The molecule has 3 N–H and O–H groups in total. The molecule has 16 heavy (non-hydrogen) atoms.